The quantitative estimate of drug-likeness (QED) is 0.830. The first kappa shape index (κ1) is 14.9. The molecule has 2 N–H and O–H groups in total. The van der Waals surface area contributed by atoms with Crippen molar-refractivity contribution in [1.82, 2.24) is 9.88 Å². The molecule has 20 heavy (non-hydrogen) atoms. The molecule has 0 bridgehead atoms. The average molecular weight is 286 g/mol. The summed E-state index contributed by atoms with van der Waals surface area (Å²) in [6.07, 6.45) is 0. The normalized spacial score (nSPS) is 16.1. The Morgan fingerprint density at radius 3 is 2.50 bits per heavy atom. The lowest BCUT2D eigenvalue weighted by atomic mass is 10.3. The fourth-order valence-electron chi connectivity index (χ4n) is 2.04. The van der Waals surface area contributed by atoms with Gasteiger partial charge in [0.15, 0.2) is 23.3 Å². The number of hydrogen-bond donors (Lipinski definition) is 2. The molecule has 0 spiro atoms. The molecule has 0 saturated carbocycles. The maximum absolute atomic E-state index is 13.6. The van der Waals surface area contributed by atoms with Crippen molar-refractivity contribution in [2.75, 3.05) is 56.6 Å². The van der Waals surface area contributed by atoms with E-state index >= 15 is 0 Å². The Morgan fingerprint density at radius 1 is 1.20 bits per heavy atom. The third kappa shape index (κ3) is 4.01. The van der Waals surface area contributed by atoms with Crippen LogP contribution in [0.5, 0.6) is 0 Å². The van der Waals surface area contributed by atoms with Gasteiger partial charge in [0, 0.05) is 38.8 Å². The summed E-state index contributed by atoms with van der Waals surface area (Å²) < 4.78 is 32.3. The van der Waals surface area contributed by atoms with E-state index in [9.17, 15) is 8.78 Å². The second kappa shape index (κ2) is 7.35. The summed E-state index contributed by atoms with van der Waals surface area (Å²) in [5.74, 6) is -1.20. The van der Waals surface area contributed by atoms with E-state index in [0.29, 0.717) is 13.1 Å². The number of pyridine rings is 1. The fraction of sp³-hybridized carbons (Fsp3) is 0.615. The minimum atomic E-state index is -0.678. The molecule has 5 nitrogen and oxygen atoms in total. The summed E-state index contributed by atoms with van der Waals surface area (Å²) >= 11 is 0. The van der Waals surface area contributed by atoms with Crippen LogP contribution in [0, 0.1) is 11.6 Å². The van der Waals surface area contributed by atoms with Gasteiger partial charge in [-0.25, -0.2) is 13.8 Å². The van der Waals surface area contributed by atoms with Crippen LogP contribution in [0.25, 0.3) is 0 Å². The predicted molar refractivity (Wildman–Crippen MR) is 74.1 cm³/mol. The van der Waals surface area contributed by atoms with Crippen LogP contribution >= 0.6 is 0 Å². The first-order valence-corrected chi connectivity index (χ1v) is 6.84. The van der Waals surface area contributed by atoms with E-state index < -0.39 is 11.6 Å². The van der Waals surface area contributed by atoms with Gasteiger partial charge in [-0.1, -0.05) is 0 Å². The minimum absolute atomic E-state index is 0.0720. The van der Waals surface area contributed by atoms with Crippen LogP contribution < -0.4 is 10.6 Å². The van der Waals surface area contributed by atoms with E-state index in [1.807, 2.05) is 6.92 Å². The Kier molecular flexibility index (Phi) is 5.49. The van der Waals surface area contributed by atoms with Gasteiger partial charge in [0.2, 0.25) is 0 Å². The van der Waals surface area contributed by atoms with Crippen LogP contribution in [-0.2, 0) is 4.74 Å². The molecule has 1 aromatic rings. The molecule has 1 aromatic heterocycles. The van der Waals surface area contributed by atoms with Crippen molar-refractivity contribution < 1.29 is 13.5 Å². The molecule has 1 aliphatic heterocycles. The molecule has 0 aromatic carbocycles. The Labute approximate surface area is 117 Å². The second-order valence-corrected chi connectivity index (χ2v) is 4.56. The van der Waals surface area contributed by atoms with Crippen LogP contribution in [0.1, 0.15) is 6.92 Å². The number of nitrogens with zero attached hydrogens (tertiary/aromatic N) is 2. The molecule has 1 fully saturated rings. The monoisotopic (exact) mass is 286 g/mol. The number of anilines is 2. The van der Waals surface area contributed by atoms with Crippen LogP contribution in [0.3, 0.4) is 0 Å². The highest BCUT2D eigenvalue weighted by molar-refractivity contribution is 5.47. The SMILES string of the molecule is CCNc1nc(NCCN2CCOCC2)c(F)cc1F. The van der Waals surface area contributed by atoms with Gasteiger partial charge < -0.3 is 15.4 Å². The number of hydrogen-bond acceptors (Lipinski definition) is 5. The topological polar surface area (TPSA) is 49.4 Å². The van der Waals surface area contributed by atoms with Crippen molar-refractivity contribution in [3.8, 4) is 0 Å². The van der Waals surface area contributed by atoms with Gasteiger partial charge in [0.25, 0.3) is 0 Å². The van der Waals surface area contributed by atoms with Gasteiger partial charge in [-0.15, -0.1) is 0 Å². The Hall–Kier alpha value is -1.47. The number of ether oxygens (including phenoxy) is 1. The highest BCUT2D eigenvalue weighted by atomic mass is 19.1. The molecule has 7 heteroatoms. The minimum Gasteiger partial charge on any atom is -0.379 e. The summed E-state index contributed by atoms with van der Waals surface area (Å²) in [5.41, 5.74) is 0. The number of nitrogens with one attached hydrogen (secondary N) is 2. The van der Waals surface area contributed by atoms with Crippen LogP contribution in [0.4, 0.5) is 20.4 Å². The first-order valence-electron chi connectivity index (χ1n) is 6.84. The molecular formula is C13H20F2N4O. The first-order chi connectivity index (χ1) is 9.70. The standard InChI is InChI=1S/C13H20F2N4O/c1-2-16-12-10(14)9-11(15)13(18-12)17-3-4-19-5-7-20-8-6-19/h9H,2-8H2,1H3,(H2,16,17,18). The summed E-state index contributed by atoms with van der Waals surface area (Å²) in [5, 5.41) is 5.67. The van der Waals surface area contributed by atoms with Gasteiger partial charge in [0.1, 0.15) is 0 Å². The zero-order valence-electron chi connectivity index (χ0n) is 11.6. The zero-order valence-corrected chi connectivity index (χ0v) is 11.6. The molecule has 112 valence electrons. The largest absolute Gasteiger partial charge is 0.379 e. The van der Waals surface area contributed by atoms with Crippen molar-refractivity contribution in [2.45, 2.75) is 6.92 Å². The molecule has 0 amide bonds. The zero-order chi connectivity index (χ0) is 14.4. The van der Waals surface area contributed by atoms with E-state index in [1.54, 1.807) is 0 Å². The van der Waals surface area contributed by atoms with Gasteiger partial charge in [-0.2, -0.15) is 0 Å². The third-order valence-electron chi connectivity index (χ3n) is 3.10. The van der Waals surface area contributed by atoms with Crippen LogP contribution in [0.2, 0.25) is 0 Å². The molecule has 0 aliphatic carbocycles. The Balaban J connectivity index is 1.89. The lowest BCUT2D eigenvalue weighted by Gasteiger charge is -2.26. The lowest BCUT2D eigenvalue weighted by molar-refractivity contribution is 0.0398. The fourth-order valence-corrected chi connectivity index (χ4v) is 2.04. The van der Waals surface area contributed by atoms with Gasteiger partial charge >= 0.3 is 0 Å². The Morgan fingerprint density at radius 2 is 1.85 bits per heavy atom. The van der Waals surface area contributed by atoms with Crippen LogP contribution in [-0.4, -0.2) is 55.8 Å². The van der Waals surface area contributed by atoms with E-state index in [-0.39, 0.29) is 11.6 Å². The Bertz CT molecular complexity index is 439. The van der Waals surface area contributed by atoms with Crippen molar-refractivity contribution in [3.05, 3.63) is 17.7 Å². The molecule has 0 radical (unpaired) electrons. The third-order valence-corrected chi connectivity index (χ3v) is 3.10. The van der Waals surface area contributed by atoms with E-state index in [2.05, 4.69) is 20.5 Å². The van der Waals surface area contributed by atoms with Crippen molar-refractivity contribution in [3.63, 3.8) is 0 Å². The van der Waals surface area contributed by atoms with Gasteiger partial charge in [-0.05, 0) is 6.92 Å². The summed E-state index contributed by atoms with van der Waals surface area (Å²) in [6, 6.07) is 0.849. The van der Waals surface area contributed by atoms with E-state index in [1.165, 1.54) is 0 Å². The molecule has 1 aliphatic rings. The molecule has 1 saturated heterocycles. The molecular weight excluding hydrogens is 266 g/mol. The number of halogens is 2. The predicted octanol–water partition coefficient (Wildman–Crippen LogP) is 1.54. The van der Waals surface area contributed by atoms with Crippen molar-refractivity contribution in [2.24, 2.45) is 0 Å². The van der Waals surface area contributed by atoms with Crippen molar-refractivity contribution in [1.29, 1.82) is 0 Å². The van der Waals surface area contributed by atoms with Crippen LogP contribution in [0.15, 0.2) is 6.07 Å². The highest BCUT2D eigenvalue weighted by Gasteiger charge is 2.13. The molecule has 2 heterocycles. The number of aromatic nitrogens is 1. The summed E-state index contributed by atoms with van der Waals surface area (Å²) in [6.45, 7) is 6.91. The maximum atomic E-state index is 13.6. The average Bonchev–Trinajstić information content (AvgIpc) is 2.45. The molecule has 2 rings (SSSR count). The maximum Gasteiger partial charge on any atom is 0.168 e. The lowest BCUT2D eigenvalue weighted by Crippen LogP contribution is -2.39. The van der Waals surface area contributed by atoms with E-state index in [0.717, 1.165) is 38.9 Å². The second-order valence-electron chi connectivity index (χ2n) is 4.56. The smallest absolute Gasteiger partial charge is 0.168 e. The summed E-state index contributed by atoms with van der Waals surface area (Å²) in [7, 11) is 0. The van der Waals surface area contributed by atoms with E-state index in [4.69, 9.17) is 4.74 Å². The highest BCUT2D eigenvalue weighted by Crippen LogP contribution is 2.18. The molecule has 0 atom stereocenters. The molecule has 0 unspecified atom stereocenters. The van der Waals surface area contributed by atoms with Crippen molar-refractivity contribution >= 4 is 11.6 Å². The van der Waals surface area contributed by atoms with Gasteiger partial charge in [-0.3, -0.25) is 4.90 Å². The van der Waals surface area contributed by atoms with Gasteiger partial charge in [0.05, 0.1) is 13.2 Å². The number of morpholine rings is 1. The number of rotatable bonds is 6. The summed E-state index contributed by atoms with van der Waals surface area (Å²) in [4.78, 5) is 6.15.